The van der Waals surface area contributed by atoms with Crippen molar-refractivity contribution in [2.45, 2.75) is 51.5 Å². The minimum absolute atomic E-state index is 0.409. The van der Waals surface area contributed by atoms with Crippen molar-refractivity contribution in [3.05, 3.63) is 35.4 Å². The summed E-state index contributed by atoms with van der Waals surface area (Å²) in [6.45, 7) is 7.86. The van der Waals surface area contributed by atoms with E-state index in [0.717, 1.165) is 24.3 Å². The van der Waals surface area contributed by atoms with Crippen LogP contribution in [-0.4, -0.2) is 24.5 Å². The molecule has 2 aliphatic rings. The molecule has 1 aromatic rings. The summed E-state index contributed by atoms with van der Waals surface area (Å²) in [5, 5.41) is 0. The van der Waals surface area contributed by atoms with E-state index < -0.39 is 0 Å². The largest absolute Gasteiger partial charge is 0.329 e. The highest BCUT2D eigenvalue weighted by molar-refractivity contribution is 5.30. The van der Waals surface area contributed by atoms with Gasteiger partial charge in [-0.15, -0.1) is 0 Å². The van der Waals surface area contributed by atoms with Crippen molar-refractivity contribution in [3.8, 4) is 0 Å². The Hall–Kier alpha value is -0.860. The van der Waals surface area contributed by atoms with Gasteiger partial charge in [0, 0.05) is 12.6 Å². The third kappa shape index (κ3) is 3.49. The molecule has 2 heteroatoms. The quantitative estimate of drug-likeness (QED) is 0.888. The van der Waals surface area contributed by atoms with Crippen LogP contribution in [0.3, 0.4) is 0 Å². The maximum atomic E-state index is 6.10. The molecule has 2 N–H and O–H groups in total. The Kier molecular flexibility index (Phi) is 4.66. The minimum atomic E-state index is 0.409. The van der Waals surface area contributed by atoms with Crippen molar-refractivity contribution < 1.29 is 0 Å². The first-order valence-corrected chi connectivity index (χ1v) is 8.73. The van der Waals surface area contributed by atoms with Crippen LogP contribution in [0.4, 0.5) is 0 Å². The van der Waals surface area contributed by atoms with E-state index in [-0.39, 0.29) is 0 Å². The molecular weight excluding hydrogens is 256 g/mol. The van der Waals surface area contributed by atoms with Gasteiger partial charge in [-0.1, -0.05) is 38.1 Å². The van der Waals surface area contributed by atoms with Crippen LogP contribution in [0, 0.1) is 11.8 Å². The summed E-state index contributed by atoms with van der Waals surface area (Å²) in [7, 11) is 0. The van der Waals surface area contributed by atoms with Crippen LogP contribution in [-0.2, 0) is 0 Å². The third-order valence-electron chi connectivity index (χ3n) is 5.55. The van der Waals surface area contributed by atoms with E-state index in [2.05, 4.69) is 43.0 Å². The molecule has 3 rings (SSSR count). The molecule has 0 radical (unpaired) electrons. The predicted octanol–water partition coefficient (Wildman–Crippen LogP) is 3.93. The molecule has 21 heavy (non-hydrogen) atoms. The summed E-state index contributed by atoms with van der Waals surface area (Å²) < 4.78 is 0. The van der Waals surface area contributed by atoms with Crippen LogP contribution in [0.1, 0.15) is 62.6 Å². The molecular formula is C19H30N2. The number of nitrogens with zero attached hydrogens (tertiary/aromatic N) is 1. The molecule has 1 saturated carbocycles. The number of benzene rings is 1. The second-order valence-corrected chi connectivity index (χ2v) is 7.31. The Balaban J connectivity index is 1.64. The molecule has 2 fully saturated rings. The lowest BCUT2D eigenvalue weighted by molar-refractivity contribution is 0.117. The van der Waals surface area contributed by atoms with Gasteiger partial charge in [-0.3, -0.25) is 4.90 Å². The normalized spacial score (nSPS) is 22.7. The van der Waals surface area contributed by atoms with Crippen molar-refractivity contribution in [2.24, 2.45) is 17.6 Å². The lowest BCUT2D eigenvalue weighted by atomic mass is 9.86. The van der Waals surface area contributed by atoms with E-state index in [1.807, 2.05) is 0 Å². The van der Waals surface area contributed by atoms with E-state index in [1.165, 1.54) is 49.9 Å². The van der Waals surface area contributed by atoms with Gasteiger partial charge in [0.2, 0.25) is 0 Å². The Morgan fingerprint density at radius 2 is 1.67 bits per heavy atom. The molecule has 1 heterocycles. The summed E-state index contributed by atoms with van der Waals surface area (Å²) >= 11 is 0. The Morgan fingerprint density at radius 3 is 2.14 bits per heavy atom. The predicted molar refractivity (Wildman–Crippen MR) is 89.3 cm³/mol. The van der Waals surface area contributed by atoms with E-state index in [9.17, 15) is 0 Å². The van der Waals surface area contributed by atoms with Crippen LogP contribution >= 0.6 is 0 Å². The number of hydrogen-bond acceptors (Lipinski definition) is 2. The second-order valence-electron chi connectivity index (χ2n) is 7.31. The smallest absolute Gasteiger partial charge is 0.0470 e. The minimum Gasteiger partial charge on any atom is -0.329 e. The number of rotatable bonds is 5. The molecule has 1 saturated heterocycles. The zero-order chi connectivity index (χ0) is 14.8. The van der Waals surface area contributed by atoms with E-state index >= 15 is 0 Å². The number of likely N-dealkylation sites (tertiary alicyclic amines) is 1. The second kappa shape index (κ2) is 6.50. The molecule has 1 aromatic carbocycles. The lowest BCUT2D eigenvalue weighted by Gasteiger charge is -2.38. The van der Waals surface area contributed by atoms with Crippen molar-refractivity contribution in [1.29, 1.82) is 0 Å². The van der Waals surface area contributed by atoms with Gasteiger partial charge in [0.15, 0.2) is 0 Å². The number of piperidine rings is 1. The Morgan fingerprint density at radius 1 is 1.05 bits per heavy atom. The third-order valence-corrected chi connectivity index (χ3v) is 5.55. The van der Waals surface area contributed by atoms with E-state index in [0.29, 0.717) is 6.04 Å². The fourth-order valence-electron chi connectivity index (χ4n) is 3.80. The summed E-state index contributed by atoms with van der Waals surface area (Å²) in [6, 6.07) is 9.71. The van der Waals surface area contributed by atoms with Crippen molar-refractivity contribution in [1.82, 2.24) is 4.90 Å². The first-order chi connectivity index (χ1) is 10.2. The molecule has 0 aromatic heterocycles. The zero-order valence-electron chi connectivity index (χ0n) is 13.6. The maximum Gasteiger partial charge on any atom is 0.0470 e. The fraction of sp³-hybridized carbons (Fsp3) is 0.684. The SMILES string of the molecule is CC(C)C1CCN(C(CN)c2ccc(C3CC3)cc2)CC1. The van der Waals surface area contributed by atoms with Crippen LogP contribution in [0.5, 0.6) is 0 Å². The van der Waals surface area contributed by atoms with Crippen LogP contribution in [0.2, 0.25) is 0 Å². The maximum absolute atomic E-state index is 6.10. The molecule has 1 aliphatic heterocycles. The first-order valence-electron chi connectivity index (χ1n) is 8.73. The Labute approximate surface area is 129 Å². The van der Waals surface area contributed by atoms with Crippen molar-refractivity contribution >= 4 is 0 Å². The summed E-state index contributed by atoms with van der Waals surface area (Å²) in [5.41, 5.74) is 9.03. The van der Waals surface area contributed by atoms with Gasteiger partial charge < -0.3 is 5.73 Å². The average Bonchev–Trinajstić information content (AvgIpc) is 3.34. The highest BCUT2D eigenvalue weighted by atomic mass is 15.2. The molecule has 1 unspecified atom stereocenters. The molecule has 1 aliphatic carbocycles. The zero-order valence-corrected chi connectivity index (χ0v) is 13.6. The van der Waals surface area contributed by atoms with Gasteiger partial charge in [-0.05, 0) is 67.7 Å². The summed E-state index contributed by atoms with van der Waals surface area (Å²) in [4.78, 5) is 2.60. The van der Waals surface area contributed by atoms with Gasteiger partial charge in [0.1, 0.15) is 0 Å². The van der Waals surface area contributed by atoms with Gasteiger partial charge >= 0.3 is 0 Å². The highest BCUT2D eigenvalue weighted by Crippen LogP contribution is 2.40. The average molecular weight is 286 g/mol. The first kappa shape index (κ1) is 15.1. The highest BCUT2D eigenvalue weighted by Gasteiger charge is 2.27. The van der Waals surface area contributed by atoms with Gasteiger partial charge in [0.25, 0.3) is 0 Å². The van der Waals surface area contributed by atoms with Crippen molar-refractivity contribution in [2.75, 3.05) is 19.6 Å². The van der Waals surface area contributed by atoms with Crippen LogP contribution in [0.15, 0.2) is 24.3 Å². The van der Waals surface area contributed by atoms with Crippen molar-refractivity contribution in [3.63, 3.8) is 0 Å². The van der Waals surface area contributed by atoms with Gasteiger partial charge in [-0.2, -0.15) is 0 Å². The number of nitrogens with two attached hydrogens (primary N) is 1. The van der Waals surface area contributed by atoms with Crippen LogP contribution in [0.25, 0.3) is 0 Å². The fourth-order valence-corrected chi connectivity index (χ4v) is 3.80. The summed E-state index contributed by atoms with van der Waals surface area (Å²) in [6.07, 6.45) is 5.41. The van der Waals surface area contributed by atoms with E-state index in [1.54, 1.807) is 0 Å². The topological polar surface area (TPSA) is 29.3 Å². The number of hydrogen-bond donors (Lipinski definition) is 1. The van der Waals surface area contributed by atoms with Gasteiger partial charge in [0.05, 0.1) is 0 Å². The molecule has 0 spiro atoms. The molecule has 2 nitrogen and oxygen atoms in total. The summed E-state index contributed by atoms with van der Waals surface area (Å²) in [5.74, 6) is 2.57. The Bertz CT molecular complexity index is 439. The molecule has 0 amide bonds. The molecule has 116 valence electrons. The standard InChI is InChI=1S/C19H30N2/c1-14(2)15-9-11-21(12-10-15)19(13-20)18-7-5-17(6-8-18)16-3-4-16/h5-8,14-16,19H,3-4,9-13,20H2,1-2H3. The monoisotopic (exact) mass is 286 g/mol. The van der Waals surface area contributed by atoms with Gasteiger partial charge in [-0.25, -0.2) is 0 Å². The molecule has 0 bridgehead atoms. The van der Waals surface area contributed by atoms with E-state index in [4.69, 9.17) is 5.73 Å². The lowest BCUT2D eigenvalue weighted by Crippen LogP contribution is -2.40. The van der Waals surface area contributed by atoms with Crippen LogP contribution < -0.4 is 5.73 Å². The molecule has 1 atom stereocenters.